The van der Waals surface area contributed by atoms with Crippen LogP contribution >= 0.6 is 12.2 Å². The summed E-state index contributed by atoms with van der Waals surface area (Å²) in [6.07, 6.45) is 1.12. The standard InChI is InChI=1S/C21H24F3N5S/c1-13-10-28(11-14(2)29(13)12-15-5-3-4-6-17(15)22)20-8-18(23)16(7-19(20)24)9-26-27-21(25)30/h3-9,13-14H,10-12H2,1-2H3,(H3,25,27,30)/t13-,14+. The van der Waals surface area contributed by atoms with Crippen molar-refractivity contribution >= 4 is 29.2 Å². The predicted molar refractivity (Wildman–Crippen MR) is 117 cm³/mol. The number of anilines is 1. The van der Waals surface area contributed by atoms with E-state index >= 15 is 0 Å². The van der Waals surface area contributed by atoms with Gasteiger partial charge in [0, 0.05) is 48.9 Å². The zero-order valence-electron chi connectivity index (χ0n) is 16.8. The van der Waals surface area contributed by atoms with Crippen LogP contribution in [0.3, 0.4) is 0 Å². The van der Waals surface area contributed by atoms with Gasteiger partial charge in [0.1, 0.15) is 17.5 Å². The quantitative estimate of drug-likeness (QED) is 0.429. The average Bonchev–Trinajstić information content (AvgIpc) is 2.68. The zero-order chi connectivity index (χ0) is 21.8. The van der Waals surface area contributed by atoms with Crippen LogP contribution in [-0.2, 0) is 6.54 Å². The fourth-order valence-electron chi connectivity index (χ4n) is 3.75. The molecular formula is C21H24F3N5S. The highest BCUT2D eigenvalue weighted by Crippen LogP contribution is 2.28. The Morgan fingerprint density at radius 1 is 1.13 bits per heavy atom. The van der Waals surface area contributed by atoms with E-state index in [1.165, 1.54) is 12.1 Å². The number of hydrazone groups is 1. The van der Waals surface area contributed by atoms with Gasteiger partial charge in [-0.15, -0.1) is 0 Å². The van der Waals surface area contributed by atoms with Crippen molar-refractivity contribution in [2.75, 3.05) is 18.0 Å². The monoisotopic (exact) mass is 435 g/mol. The van der Waals surface area contributed by atoms with Crippen LogP contribution in [0.2, 0.25) is 0 Å². The first-order valence-electron chi connectivity index (χ1n) is 9.58. The summed E-state index contributed by atoms with van der Waals surface area (Å²) in [7, 11) is 0. The van der Waals surface area contributed by atoms with E-state index in [0.717, 1.165) is 12.3 Å². The molecule has 3 rings (SSSR count). The predicted octanol–water partition coefficient (Wildman–Crippen LogP) is 3.37. The number of benzene rings is 2. The maximum Gasteiger partial charge on any atom is 0.184 e. The second-order valence-electron chi connectivity index (χ2n) is 7.43. The van der Waals surface area contributed by atoms with Crippen molar-refractivity contribution in [2.24, 2.45) is 10.8 Å². The Kier molecular flexibility index (Phi) is 6.94. The summed E-state index contributed by atoms with van der Waals surface area (Å²) < 4.78 is 43.3. The van der Waals surface area contributed by atoms with Crippen LogP contribution in [-0.4, -0.2) is 41.4 Å². The molecule has 9 heteroatoms. The number of thiocarbonyl (C=S) groups is 1. The summed E-state index contributed by atoms with van der Waals surface area (Å²) in [5.41, 5.74) is 8.35. The minimum absolute atomic E-state index is 0.0146. The van der Waals surface area contributed by atoms with E-state index in [2.05, 4.69) is 27.6 Å². The van der Waals surface area contributed by atoms with Crippen LogP contribution in [0.1, 0.15) is 25.0 Å². The van der Waals surface area contributed by atoms with Gasteiger partial charge in [0.25, 0.3) is 0 Å². The molecule has 0 amide bonds. The Morgan fingerprint density at radius 2 is 1.80 bits per heavy atom. The van der Waals surface area contributed by atoms with Gasteiger partial charge in [-0.3, -0.25) is 10.3 Å². The van der Waals surface area contributed by atoms with Gasteiger partial charge in [0.2, 0.25) is 0 Å². The Bertz CT molecular complexity index is 940. The minimum Gasteiger partial charge on any atom is -0.375 e. The highest BCUT2D eigenvalue weighted by molar-refractivity contribution is 7.80. The van der Waals surface area contributed by atoms with Crippen LogP contribution in [0.5, 0.6) is 0 Å². The number of nitrogens with two attached hydrogens (primary N) is 1. The number of hydrogen-bond acceptors (Lipinski definition) is 4. The van der Waals surface area contributed by atoms with E-state index < -0.39 is 11.6 Å². The maximum atomic E-state index is 14.7. The number of rotatable bonds is 5. The number of piperazine rings is 1. The summed E-state index contributed by atoms with van der Waals surface area (Å²) in [6.45, 7) is 5.45. The number of halogens is 3. The van der Waals surface area contributed by atoms with E-state index in [4.69, 9.17) is 5.73 Å². The lowest BCUT2D eigenvalue weighted by Crippen LogP contribution is -2.56. The highest BCUT2D eigenvalue weighted by atomic mass is 32.1. The minimum atomic E-state index is -0.603. The third kappa shape index (κ3) is 5.09. The van der Waals surface area contributed by atoms with Crippen molar-refractivity contribution in [1.29, 1.82) is 0 Å². The molecule has 1 fully saturated rings. The molecule has 1 heterocycles. The number of hydrogen-bond donors (Lipinski definition) is 2. The van der Waals surface area contributed by atoms with Crippen LogP contribution in [0.15, 0.2) is 41.5 Å². The van der Waals surface area contributed by atoms with Gasteiger partial charge in [-0.25, -0.2) is 13.2 Å². The molecule has 0 unspecified atom stereocenters. The molecule has 0 spiro atoms. The topological polar surface area (TPSA) is 56.9 Å². The number of nitrogens with one attached hydrogen (secondary N) is 1. The Hall–Kier alpha value is -2.65. The summed E-state index contributed by atoms with van der Waals surface area (Å²) in [5, 5.41) is 3.60. The third-order valence-corrected chi connectivity index (χ3v) is 5.29. The smallest absolute Gasteiger partial charge is 0.184 e. The van der Waals surface area contributed by atoms with Gasteiger partial charge in [-0.1, -0.05) is 18.2 Å². The molecule has 1 aliphatic heterocycles. The molecule has 30 heavy (non-hydrogen) atoms. The molecule has 2 atom stereocenters. The lowest BCUT2D eigenvalue weighted by molar-refractivity contribution is 0.121. The molecule has 160 valence electrons. The van der Waals surface area contributed by atoms with Gasteiger partial charge < -0.3 is 10.6 Å². The fraction of sp³-hybridized carbons (Fsp3) is 0.333. The molecule has 2 aromatic rings. The molecule has 1 saturated heterocycles. The van der Waals surface area contributed by atoms with E-state index in [9.17, 15) is 13.2 Å². The Balaban J connectivity index is 1.75. The van der Waals surface area contributed by atoms with Crippen molar-refractivity contribution < 1.29 is 13.2 Å². The normalized spacial score (nSPS) is 20.0. The SMILES string of the molecule is C[C@@H]1CN(c2cc(F)c(C=NNC(N)=S)cc2F)C[C@H](C)N1Cc1ccccc1F. The molecule has 0 radical (unpaired) electrons. The largest absolute Gasteiger partial charge is 0.375 e. The van der Waals surface area contributed by atoms with Crippen molar-refractivity contribution in [1.82, 2.24) is 10.3 Å². The van der Waals surface area contributed by atoms with Crippen LogP contribution < -0.4 is 16.1 Å². The number of nitrogens with zero attached hydrogens (tertiary/aromatic N) is 3. The van der Waals surface area contributed by atoms with Gasteiger partial charge in [0.15, 0.2) is 5.11 Å². The summed E-state index contributed by atoms with van der Waals surface area (Å²) in [6, 6.07) is 8.99. The first kappa shape index (κ1) is 22.0. The maximum absolute atomic E-state index is 14.7. The molecule has 1 aliphatic rings. The third-order valence-electron chi connectivity index (χ3n) is 5.20. The van der Waals surface area contributed by atoms with E-state index in [-0.39, 0.29) is 34.3 Å². The summed E-state index contributed by atoms with van der Waals surface area (Å²) in [5.74, 6) is -1.39. The molecule has 0 aromatic heterocycles. The molecule has 0 aliphatic carbocycles. The molecule has 5 nitrogen and oxygen atoms in total. The zero-order valence-corrected chi connectivity index (χ0v) is 17.6. The van der Waals surface area contributed by atoms with Crippen molar-refractivity contribution in [3.8, 4) is 0 Å². The van der Waals surface area contributed by atoms with Crippen molar-refractivity contribution in [2.45, 2.75) is 32.5 Å². The van der Waals surface area contributed by atoms with E-state index in [1.807, 2.05) is 24.8 Å². The van der Waals surface area contributed by atoms with Crippen LogP contribution in [0.4, 0.5) is 18.9 Å². The Labute approximate surface area is 179 Å². The van der Waals surface area contributed by atoms with Crippen molar-refractivity contribution in [3.05, 3.63) is 65.0 Å². The lowest BCUT2D eigenvalue weighted by atomic mass is 10.0. The summed E-state index contributed by atoms with van der Waals surface area (Å²) >= 11 is 4.61. The first-order valence-corrected chi connectivity index (χ1v) is 9.98. The van der Waals surface area contributed by atoms with Crippen molar-refractivity contribution in [3.63, 3.8) is 0 Å². The van der Waals surface area contributed by atoms with Gasteiger partial charge >= 0.3 is 0 Å². The first-order chi connectivity index (χ1) is 14.3. The van der Waals surface area contributed by atoms with Crippen LogP contribution in [0, 0.1) is 17.5 Å². The van der Waals surface area contributed by atoms with Gasteiger partial charge in [0.05, 0.1) is 11.9 Å². The lowest BCUT2D eigenvalue weighted by Gasteiger charge is -2.45. The Morgan fingerprint density at radius 3 is 2.43 bits per heavy atom. The molecule has 0 bridgehead atoms. The van der Waals surface area contributed by atoms with Crippen LogP contribution in [0.25, 0.3) is 0 Å². The second kappa shape index (κ2) is 9.44. The highest BCUT2D eigenvalue weighted by Gasteiger charge is 2.31. The molecule has 2 aromatic carbocycles. The van der Waals surface area contributed by atoms with E-state index in [1.54, 1.807) is 12.1 Å². The second-order valence-corrected chi connectivity index (χ2v) is 7.87. The summed E-state index contributed by atoms with van der Waals surface area (Å²) in [4.78, 5) is 3.99. The van der Waals surface area contributed by atoms with Gasteiger partial charge in [-0.05, 0) is 38.2 Å². The van der Waals surface area contributed by atoms with Gasteiger partial charge in [-0.2, -0.15) is 5.10 Å². The molecule has 3 N–H and O–H groups in total. The molecular weight excluding hydrogens is 411 g/mol. The molecule has 0 saturated carbocycles. The van der Waals surface area contributed by atoms with E-state index in [0.29, 0.717) is 25.2 Å². The fourth-order valence-corrected chi connectivity index (χ4v) is 3.80. The average molecular weight is 436 g/mol.